The van der Waals surface area contributed by atoms with Gasteiger partial charge in [0.15, 0.2) is 5.78 Å². The van der Waals surface area contributed by atoms with Gasteiger partial charge in [0.1, 0.15) is 5.75 Å². The number of hydrogen-bond donors (Lipinski definition) is 0. The van der Waals surface area contributed by atoms with E-state index in [4.69, 9.17) is 27.9 Å². The number of carbonyl (C=O) groups is 1. The lowest BCUT2D eigenvalue weighted by molar-refractivity contribution is 0.103. The second-order valence-electron chi connectivity index (χ2n) is 4.59. The average molecular weight is 309 g/mol. The third-order valence-electron chi connectivity index (χ3n) is 3.16. The van der Waals surface area contributed by atoms with Crippen LogP contribution in [0.4, 0.5) is 0 Å². The van der Waals surface area contributed by atoms with Crippen LogP contribution in [-0.2, 0) is 0 Å². The Morgan fingerprint density at radius 3 is 2.35 bits per heavy atom. The van der Waals surface area contributed by atoms with E-state index in [1.54, 1.807) is 25.3 Å². The topological polar surface area (TPSA) is 26.3 Å². The van der Waals surface area contributed by atoms with Crippen molar-refractivity contribution in [1.82, 2.24) is 0 Å². The van der Waals surface area contributed by atoms with E-state index in [1.165, 1.54) is 0 Å². The van der Waals surface area contributed by atoms with E-state index in [0.29, 0.717) is 21.2 Å². The Morgan fingerprint density at radius 1 is 1.00 bits per heavy atom. The summed E-state index contributed by atoms with van der Waals surface area (Å²) in [6.45, 7) is 3.77. The average Bonchev–Trinajstić information content (AvgIpc) is 2.42. The van der Waals surface area contributed by atoms with E-state index in [1.807, 2.05) is 26.0 Å². The molecule has 2 aromatic rings. The van der Waals surface area contributed by atoms with Crippen LogP contribution in [0.5, 0.6) is 5.75 Å². The van der Waals surface area contributed by atoms with Gasteiger partial charge in [0.2, 0.25) is 0 Å². The highest BCUT2D eigenvalue weighted by Gasteiger charge is 2.17. The van der Waals surface area contributed by atoms with Crippen LogP contribution in [0.25, 0.3) is 0 Å². The first-order valence-corrected chi connectivity index (χ1v) is 6.84. The minimum absolute atomic E-state index is 0.138. The Morgan fingerprint density at radius 2 is 1.70 bits per heavy atom. The number of methoxy groups -OCH3 is 1. The molecule has 0 aliphatic rings. The number of aryl methyl sites for hydroxylation is 2. The van der Waals surface area contributed by atoms with Crippen LogP contribution in [0.3, 0.4) is 0 Å². The van der Waals surface area contributed by atoms with Crippen molar-refractivity contribution in [1.29, 1.82) is 0 Å². The molecule has 0 fully saturated rings. The molecule has 0 bridgehead atoms. The largest absolute Gasteiger partial charge is 0.496 e. The second-order valence-corrected chi connectivity index (χ2v) is 5.43. The lowest BCUT2D eigenvalue weighted by atomic mass is 9.96. The van der Waals surface area contributed by atoms with Crippen molar-refractivity contribution in [2.45, 2.75) is 13.8 Å². The van der Waals surface area contributed by atoms with Crippen molar-refractivity contribution in [3.8, 4) is 5.75 Å². The SMILES string of the molecule is COc1cc(C)c(C(=O)c2cc(Cl)ccc2Cl)cc1C. The fourth-order valence-electron chi connectivity index (χ4n) is 2.07. The van der Waals surface area contributed by atoms with Gasteiger partial charge < -0.3 is 4.74 Å². The lowest BCUT2D eigenvalue weighted by Crippen LogP contribution is -2.06. The third kappa shape index (κ3) is 2.82. The molecule has 0 radical (unpaired) electrons. The molecule has 20 heavy (non-hydrogen) atoms. The zero-order chi connectivity index (χ0) is 14.9. The number of ketones is 1. The van der Waals surface area contributed by atoms with Crippen LogP contribution >= 0.6 is 23.2 Å². The molecule has 0 N–H and O–H groups in total. The fraction of sp³-hybridized carbons (Fsp3) is 0.188. The molecule has 0 aromatic heterocycles. The van der Waals surface area contributed by atoms with E-state index in [2.05, 4.69) is 0 Å². The molecule has 0 aliphatic heterocycles. The fourth-order valence-corrected chi connectivity index (χ4v) is 2.45. The first kappa shape index (κ1) is 14.9. The predicted molar refractivity (Wildman–Crippen MR) is 82.4 cm³/mol. The molecule has 0 saturated carbocycles. The standard InChI is InChI=1S/C16H14Cl2O2/c1-9-7-15(20-3)10(2)6-12(9)16(19)13-8-11(17)4-5-14(13)18/h4-8H,1-3H3. The number of hydrogen-bond acceptors (Lipinski definition) is 2. The van der Waals surface area contributed by atoms with Gasteiger partial charge in [-0.15, -0.1) is 0 Å². The summed E-state index contributed by atoms with van der Waals surface area (Å²) in [5.74, 6) is 0.622. The maximum absolute atomic E-state index is 12.6. The van der Waals surface area contributed by atoms with Gasteiger partial charge in [-0.1, -0.05) is 23.2 Å². The zero-order valence-electron chi connectivity index (χ0n) is 11.5. The maximum atomic E-state index is 12.6. The Balaban J connectivity index is 2.54. The molecule has 0 heterocycles. The molecular formula is C16H14Cl2O2. The normalized spacial score (nSPS) is 10.4. The van der Waals surface area contributed by atoms with Crippen molar-refractivity contribution in [3.05, 3.63) is 62.6 Å². The summed E-state index contributed by atoms with van der Waals surface area (Å²) >= 11 is 12.0. The van der Waals surface area contributed by atoms with Gasteiger partial charge in [0, 0.05) is 16.1 Å². The van der Waals surface area contributed by atoms with Gasteiger partial charge in [-0.05, 0) is 55.3 Å². The summed E-state index contributed by atoms with van der Waals surface area (Å²) in [6, 6.07) is 8.54. The van der Waals surface area contributed by atoms with Gasteiger partial charge in [-0.25, -0.2) is 0 Å². The molecule has 0 atom stereocenters. The van der Waals surface area contributed by atoms with Crippen molar-refractivity contribution in [3.63, 3.8) is 0 Å². The third-order valence-corrected chi connectivity index (χ3v) is 3.72. The van der Waals surface area contributed by atoms with Crippen LogP contribution in [0.15, 0.2) is 30.3 Å². The molecule has 2 nitrogen and oxygen atoms in total. The van der Waals surface area contributed by atoms with Gasteiger partial charge in [-0.2, -0.15) is 0 Å². The van der Waals surface area contributed by atoms with E-state index in [9.17, 15) is 4.79 Å². The number of rotatable bonds is 3. The summed E-state index contributed by atoms with van der Waals surface area (Å²) < 4.78 is 5.25. The van der Waals surface area contributed by atoms with Crippen molar-refractivity contribution in [2.75, 3.05) is 7.11 Å². The van der Waals surface area contributed by atoms with E-state index >= 15 is 0 Å². The summed E-state index contributed by atoms with van der Waals surface area (Å²) in [7, 11) is 1.61. The van der Waals surface area contributed by atoms with Crippen molar-refractivity contribution < 1.29 is 9.53 Å². The summed E-state index contributed by atoms with van der Waals surface area (Å²) in [5, 5.41) is 0.882. The van der Waals surface area contributed by atoms with E-state index < -0.39 is 0 Å². The Bertz CT molecular complexity index is 678. The Labute approximate surface area is 128 Å². The predicted octanol–water partition coefficient (Wildman–Crippen LogP) is 4.85. The molecule has 2 rings (SSSR count). The van der Waals surface area contributed by atoms with Crippen molar-refractivity contribution in [2.24, 2.45) is 0 Å². The van der Waals surface area contributed by atoms with Gasteiger partial charge in [0.05, 0.1) is 12.1 Å². The molecule has 0 amide bonds. The van der Waals surface area contributed by atoms with Gasteiger partial charge >= 0.3 is 0 Å². The zero-order valence-corrected chi connectivity index (χ0v) is 13.0. The molecule has 2 aromatic carbocycles. The van der Waals surface area contributed by atoms with Crippen molar-refractivity contribution >= 4 is 29.0 Å². The monoisotopic (exact) mass is 308 g/mol. The quantitative estimate of drug-likeness (QED) is 0.758. The number of halogens is 2. The highest BCUT2D eigenvalue weighted by Crippen LogP contribution is 2.28. The molecule has 104 valence electrons. The molecule has 0 saturated heterocycles. The molecule has 0 aliphatic carbocycles. The Kier molecular flexibility index (Phi) is 4.36. The molecular weight excluding hydrogens is 295 g/mol. The summed E-state index contributed by atoms with van der Waals surface area (Å²) in [4.78, 5) is 12.6. The second kappa shape index (κ2) is 5.86. The van der Waals surface area contributed by atoms with Crippen LogP contribution in [0.2, 0.25) is 10.0 Å². The maximum Gasteiger partial charge on any atom is 0.194 e. The van der Waals surface area contributed by atoms with Crippen LogP contribution in [-0.4, -0.2) is 12.9 Å². The van der Waals surface area contributed by atoms with Crippen LogP contribution in [0, 0.1) is 13.8 Å². The number of ether oxygens (including phenoxy) is 1. The van der Waals surface area contributed by atoms with Crippen LogP contribution in [0.1, 0.15) is 27.0 Å². The molecule has 4 heteroatoms. The highest BCUT2D eigenvalue weighted by molar-refractivity contribution is 6.36. The molecule has 0 unspecified atom stereocenters. The number of carbonyl (C=O) groups excluding carboxylic acids is 1. The lowest BCUT2D eigenvalue weighted by Gasteiger charge is -2.11. The van der Waals surface area contributed by atoms with E-state index in [0.717, 1.165) is 16.9 Å². The first-order chi connectivity index (χ1) is 9.43. The minimum atomic E-state index is -0.138. The van der Waals surface area contributed by atoms with Gasteiger partial charge in [-0.3, -0.25) is 4.79 Å². The highest BCUT2D eigenvalue weighted by atomic mass is 35.5. The van der Waals surface area contributed by atoms with Crippen LogP contribution < -0.4 is 4.74 Å². The number of benzene rings is 2. The summed E-state index contributed by atoms with van der Waals surface area (Å²) in [5.41, 5.74) is 2.76. The Hall–Kier alpha value is -1.51. The first-order valence-electron chi connectivity index (χ1n) is 6.09. The molecule has 0 spiro atoms. The summed E-state index contributed by atoms with van der Waals surface area (Å²) in [6.07, 6.45) is 0. The van der Waals surface area contributed by atoms with Gasteiger partial charge in [0.25, 0.3) is 0 Å². The minimum Gasteiger partial charge on any atom is -0.496 e. The smallest absolute Gasteiger partial charge is 0.194 e. The van der Waals surface area contributed by atoms with E-state index in [-0.39, 0.29) is 5.78 Å².